The summed E-state index contributed by atoms with van der Waals surface area (Å²) in [5, 5.41) is 11.5. The molecule has 1 amide bonds. The molecule has 0 bridgehead atoms. The normalized spacial score (nSPS) is 13.5. The summed E-state index contributed by atoms with van der Waals surface area (Å²) in [5.74, 6) is -1.47. The Morgan fingerprint density at radius 2 is 1.79 bits per heavy atom. The van der Waals surface area contributed by atoms with Gasteiger partial charge in [0.2, 0.25) is 0 Å². The molecule has 0 aliphatic carbocycles. The Balaban J connectivity index is 2.61. The third-order valence-corrected chi connectivity index (χ3v) is 2.71. The molecule has 1 aromatic carbocycles. The number of ether oxygens (including phenoxy) is 2. The van der Waals surface area contributed by atoms with Gasteiger partial charge in [-0.25, -0.2) is 9.59 Å². The van der Waals surface area contributed by atoms with Crippen molar-refractivity contribution in [2.24, 2.45) is 5.73 Å². The molecule has 132 valence electrons. The maximum atomic E-state index is 11.9. The summed E-state index contributed by atoms with van der Waals surface area (Å²) in [7, 11) is 0. The first-order valence-corrected chi connectivity index (χ1v) is 7.28. The Bertz CT molecular complexity index is 580. The molecule has 0 saturated carbocycles. The molecule has 24 heavy (non-hydrogen) atoms. The molecule has 2 atom stereocenters. The molecule has 1 rings (SSSR count). The molecular formula is C16H22N2O6. The maximum absolute atomic E-state index is 11.9. The summed E-state index contributed by atoms with van der Waals surface area (Å²) in [5.41, 5.74) is 4.85. The quantitative estimate of drug-likeness (QED) is 0.393. The molecule has 8 nitrogen and oxygen atoms in total. The van der Waals surface area contributed by atoms with Crippen molar-refractivity contribution < 1.29 is 29.0 Å². The summed E-state index contributed by atoms with van der Waals surface area (Å²) in [6, 6.07) is 6.68. The zero-order valence-electron chi connectivity index (χ0n) is 13.8. The van der Waals surface area contributed by atoms with Gasteiger partial charge in [-0.15, -0.1) is 0 Å². The topological polar surface area (TPSA) is 128 Å². The van der Waals surface area contributed by atoms with Crippen LogP contribution in [-0.2, 0) is 14.3 Å². The van der Waals surface area contributed by atoms with Crippen LogP contribution in [0.5, 0.6) is 0 Å². The number of Topliss-reactive ketones (excluding diaryl/α,β-unsaturated/α-hetero) is 1. The second-order valence-electron chi connectivity index (χ2n) is 6.01. The van der Waals surface area contributed by atoms with Gasteiger partial charge in [-0.3, -0.25) is 4.79 Å². The number of amides is 1. The monoisotopic (exact) mass is 338 g/mol. The highest BCUT2D eigenvalue weighted by Crippen LogP contribution is 2.07. The van der Waals surface area contributed by atoms with Crippen LogP contribution in [0.25, 0.3) is 0 Å². The van der Waals surface area contributed by atoms with Gasteiger partial charge in [0.05, 0.1) is 0 Å². The predicted molar refractivity (Wildman–Crippen MR) is 85.1 cm³/mol. The number of hydrogen-bond acceptors (Lipinski definition) is 7. The molecule has 0 radical (unpaired) electrons. The molecular weight excluding hydrogens is 316 g/mol. The first-order chi connectivity index (χ1) is 11.1. The highest BCUT2D eigenvalue weighted by atomic mass is 16.6. The molecule has 0 heterocycles. The van der Waals surface area contributed by atoms with Gasteiger partial charge < -0.3 is 25.6 Å². The average molecular weight is 338 g/mol. The number of benzene rings is 1. The maximum Gasteiger partial charge on any atom is 0.408 e. The first-order valence-electron chi connectivity index (χ1n) is 7.28. The Morgan fingerprint density at radius 1 is 1.21 bits per heavy atom. The van der Waals surface area contributed by atoms with E-state index in [1.165, 1.54) is 0 Å². The lowest BCUT2D eigenvalue weighted by Gasteiger charge is -2.23. The molecule has 0 unspecified atom stereocenters. The van der Waals surface area contributed by atoms with Gasteiger partial charge in [0.15, 0.2) is 18.4 Å². The summed E-state index contributed by atoms with van der Waals surface area (Å²) in [6.45, 7) is 4.37. The van der Waals surface area contributed by atoms with E-state index < -0.39 is 42.3 Å². The minimum Gasteiger partial charge on any atom is -0.456 e. The van der Waals surface area contributed by atoms with E-state index in [4.69, 9.17) is 15.2 Å². The van der Waals surface area contributed by atoms with Crippen LogP contribution in [0.3, 0.4) is 0 Å². The highest BCUT2D eigenvalue weighted by molar-refractivity contribution is 5.98. The van der Waals surface area contributed by atoms with Crippen LogP contribution >= 0.6 is 0 Å². The lowest BCUT2D eigenvalue weighted by Crippen LogP contribution is -2.54. The number of carbonyl (C=O) groups excluding carboxylic acids is 3. The predicted octanol–water partition coefficient (Wildman–Crippen LogP) is 0.583. The van der Waals surface area contributed by atoms with Crippen molar-refractivity contribution in [3.05, 3.63) is 35.9 Å². The number of ketones is 1. The third kappa shape index (κ3) is 6.76. The minimum absolute atomic E-state index is 0.371. The number of hydrogen-bond donors (Lipinski definition) is 3. The zero-order chi connectivity index (χ0) is 18.3. The van der Waals surface area contributed by atoms with Crippen molar-refractivity contribution in [2.45, 2.75) is 38.6 Å². The average Bonchev–Trinajstić information content (AvgIpc) is 2.48. The SMILES string of the molecule is CC(C)(C)OC(=O)N[C@H](C(=O)OCC(=O)c1ccccc1)[C@@H](N)O. The lowest BCUT2D eigenvalue weighted by atomic mass is 10.1. The summed E-state index contributed by atoms with van der Waals surface area (Å²) in [6.07, 6.45) is -2.65. The molecule has 0 aliphatic rings. The fraction of sp³-hybridized carbons (Fsp3) is 0.438. The van der Waals surface area contributed by atoms with E-state index in [9.17, 15) is 19.5 Å². The van der Waals surface area contributed by atoms with Gasteiger partial charge in [-0.05, 0) is 20.8 Å². The smallest absolute Gasteiger partial charge is 0.408 e. The van der Waals surface area contributed by atoms with E-state index >= 15 is 0 Å². The summed E-state index contributed by atoms with van der Waals surface area (Å²) < 4.78 is 9.79. The van der Waals surface area contributed by atoms with Crippen LogP contribution < -0.4 is 11.1 Å². The van der Waals surface area contributed by atoms with Crippen LogP contribution in [0.15, 0.2) is 30.3 Å². The molecule has 0 spiro atoms. The fourth-order valence-corrected chi connectivity index (χ4v) is 1.65. The number of carbonyl (C=O) groups is 3. The number of rotatable bonds is 6. The minimum atomic E-state index is -1.71. The second-order valence-corrected chi connectivity index (χ2v) is 6.01. The molecule has 0 saturated heterocycles. The Labute approximate surface area is 139 Å². The number of alkyl carbamates (subject to hydrolysis) is 1. The zero-order valence-corrected chi connectivity index (χ0v) is 13.8. The van der Waals surface area contributed by atoms with Gasteiger partial charge in [-0.1, -0.05) is 30.3 Å². The van der Waals surface area contributed by atoms with Gasteiger partial charge >= 0.3 is 12.1 Å². The molecule has 0 aromatic heterocycles. The van der Waals surface area contributed by atoms with Crippen LogP contribution in [-0.4, -0.2) is 47.4 Å². The van der Waals surface area contributed by atoms with E-state index in [1.807, 2.05) is 0 Å². The molecule has 0 aliphatic heterocycles. The summed E-state index contributed by atoms with van der Waals surface area (Å²) >= 11 is 0. The van der Waals surface area contributed by atoms with Crippen molar-refractivity contribution in [1.29, 1.82) is 0 Å². The Morgan fingerprint density at radius 3 is 2.29 bits per heavy atom. The van der Waals surface area contributed by atoms with Crippen molar-refractivity contribution in [3.63, 3.8) is 0 Å². The van der Waals surface area contributed by atoms with E-state index in [2.05, 4.69) is 5.32 Å². The Hall–Kier alpha value is -2.45. The van der Waals surface area contributed by atoms with Crippen molar-refractivity contribution in [3.8, 4) is 0 Å². The van der Waals surface area contributed by atoms with Crippen LogP contribution in [0.1, 0.15) is 31.1 Å². The van der Waals surface area contributed by atoms with Gasteiger partial charge in [0.1, 0.15) is 11.8 Å². The first kappa shape index (κ1) is 19.6. The fourth-order valence-electron chi connectivity index (χ4n) is 1.65. The highest BCUT2D eigenvalue weighted by Gasteiger charge is 2.30. The Kier molecular flexibility index (Phi) is 6.87. The van der Waals surface area contributed by atoms with Gasteiger partial charge in [0.25, 0.3) is 0 Å². The van der Waals surface area contributed by atoms with Crippen molar-refractivity contribution in [2.75, 3.05) is 6.61 Å². The number of aliphatic hydroxyl groups excluding tert-OH is 1. The standard InChI is InChI=1S/C16H22N2O6/c1-16(2,3)24-15(22)18-12(13(17)20)14(21)23-9-11(19)10-7-5-4-6-8-10/h4-8,12-13,20H,9,17H2,1-3H3,(H,18,22)/t12-,13-/m0/s1. The third-order valence-electron chi connectivity index (χ3n) is 2.71. The van der Waals surface area contributed by atoms with E-state index in [-0.39, 0.29) is 0 Å². The molecule has 1 aromatic rings. The van der Waals surface area contributed by atoms with Crippen molar-refractivity contribution in [1.82, 2.24) is 5.32 Å². The second kappa shape index (κ2) is 8.42. The van der Waals surface area contributed by atoms with Crippen LogP contribution in [0.2, 0.25) is 0 Å². The largest absolute Gasteiger partial charge is 0.456 e. The number of nitrogens with two attached hydrogens (primary N) is 1. The number of nitrogens with one attached hydrogen (secondary N) is 1. The summed E-state index contributed by atoms with van der Waals surface area (Å²) in [4.78, 5) is 35.5. The van der Waals surface area contributed by atoms with E-state index in [1.54, 1.807) is 51.1 Å². The van der Waals surface area contributed by atoms with Crippen LogP contribution in [0.4, 0.5) is 4.79 Å². The van der Waals surface area contributed by atoms with E-state index in [0.717, 1.165) is 0 Å². The molecule has 0 fully saturated rings. The number of esters is 1. The van der Waals surface area contributed by atoms with Crippen molar-refractivity contribution >= 4 is 17.8 Å². The number of aliphatic hydroxyl groups is 1. The molecule has 8 heteroatoms. The van der Waals surface area contributed by atoms with Gasteiger partial charge in [0, 0.05) is 5.56 Å². The van der Waals surface area contributed by atoms with Crippen LogP contribution in [0, 0.1) is 0 Å². The lowest BCUT2D eigenvalue weighted by molar-refractivity contribution is -0.148. The van der Waals surface area contributed by atoms with Gasteiger partial charge in [-0.2, -0.15) is 0 Å². The van der Waals surface area contributed by atoms with E-state index in [0.29, 0.717) is 5.56 Å². The molecule has 4 N–H and O–H groups in total.